The van der Waals surface area contributed by atoms with Crippen molar-refractivity contribution in [1.82, 2.24) is 4.90 Å². The molecule has 1 aliphatic carbocycles. The Bertz CT molecular complexity index is 2760. The second-order valence-corrected chi connectivity index (χ2v) is 15.8. The Morgan fingerprint density at radius 1 is 0.677 bits per heavy atom. The zero-order valence-electron chi connectivity index (χ0n) is 36.6. The molecule has 0 aliphatic heterocycles. The van der Waals surface area contributed by atoms with Gasteiger partial charge in [-0.15, -0.1) is 6.58 Å². The van der Waals surface area contributed by atoms with Crippen LogP contribution in [0, 0.1) is 19.8 Å². The molecule has 1 nitrogen and oxygen atoms in total. The molecule has 6 aromatic carbocycles. The lowest BCUT2D eigenvalue weighted by Gasteiger charge is -2.38. The van der Waals surface area contributed by atoms with E-state index in [-0.39, 0.29) is 11.8 Å². The van der Waals surface area contributed by atoms with Crippen molar-refractivity contribution in [3.63, 3.8) is 0 Å². The Morgan fingerprint density at radius 2 is 1.34 bits per heavy atom. The highest BCUT2D eigenvalue weighted by Crippen LogP contribution is 2.58. The van der Waals surface area contributed by atoms with Gasteiger partial charge in [-0.05, 0) is 112 Å². The summed E-state index contributed by atoms with van der Waals surface area (Å²) in [4.78, 5) is 2.18. The minimum Gasteiger partial charge on any atom is -0.317 e. The normalized spacial score (nSPS) is 16.4. The smallest absolute Gasteiger partial charge is 0.0526 e. The van der Waals surface area contributed by atoms with Crippen LogP contribution in [-0.2, 0) is 5.41 Å². The second kappa shape index (κ2) is 19.4. The lowest BCUT2D eigenvalue weighted by molar-refractivity contribution is 0.453. The summed E-state index contributed by atoms with van der Waals surface area (Å²) >= 11 is 0. The molecule has 62 heavy (non-hydrogen) atoms. The fraction of sp³-hybridized carbons (Fsp3) is 0.115. The summed E-state index contributed by atoms with van der Waals surface area (Å²) < 4.78 is 0. The van der Waals surface area contributed by atoms with Crippen molar-refractivity contribution in [3.8, 4) is 0 Å². The van der Waals surface area contributed by atoms with E-state index in [4.69, 9.17) is 6.58 Å². The molecule has 2 atom stereocenters. The molecule has 0 fully saturated rings. The van der Waals surface area contributed by atoms with Gasteiger partial charge in [-0.1, -0.05) is 208 Å². The molecular weight excluding hydrogens is 747 g/mol. The van der Waals surface area contributed by atoms with Crippen LogP contribution < -0.4 is 0 Å². The van der Waals surface area contributed by atoms with Crippen molar-refractivity contribution >= 4 is 34.6 Å². The molecule has 0 amide bonds. The highest BCUT2D eigenvalue weighted by Gasteiger charge is 2.52. The topological polar surface area (TPSA) is 3.24 Å². The molecule has 1 heteroatoms. The zero-order valence-corrected chi connectivity index (χ0v) is 36.6. The van der Waals surface area contributed by atoms with Gasteiger partial charge in [0.15, 0.2) is 0 Å². The molecule has 0 saturated heterocycles. The van der Waals surface area contributed by atoms with E-state index in [0.29, 0.717) is 0 Å². The number of fused-ring (bicyclic) bond motifs is 2. The number of hydrogen-bond donors (Lipinski definition) is 0. The van der Waals surface area contributed by atoms with Crippen LogP contribution in [-0.4, -0.2) is 4.90 Å². The third kappa shape index (κ3) is 8.15. The maximum Gasteiger partial charge on any atom is 0.0526 e. The minimum absolute atomic E-state index is 0.0277. The van der Waals surface area contributed by atoms with E-state index in [1.165, 1.54) is 49.9 Å². The Kier molecular flexibility index (Phi) is 13.4. The standard InChI is InChI=1S/C61H57N/c1-9-24-47-27-22-28-48(45(47)7)29-23-34-53(12-4)62(46(8)56(26-11-3)49-39-40-57-50(43-49)38-37-44(6)55(57)25-10-2)42-41-60-54(13-5)58-35-20-21-36-59(58)61(60,51-30-16-14-17-31-51)52-32-18-15-19-33-52/h9-43,54,60H,3-5,8H2,1-2,6-7H3/b24-9-,25-10-,29-23+,42-41+,53-34+,56-26+. The third-order valence-electron chi connectivity index (χ3n) is 12.4. The Balaban J connectivity index is 1.42. The quantitative estimate of drug-likeness (QED) is 0.0738. The van der Waals surface area contributed by atoms with Gasteiger partial charge in [0.1, 0.15) is 0 Å². The average Bonchev–Trinajstić information content (AvgIpc) is 3.60. The maximum absolute atomic E-state index is 4.86. The van der Waals surface area contributed by atoms with E-state index in [1.807, 2.05) is 12.2 Å². The molecule has 0 bridgehead atoms. The number of allylic oxidation sites excluding steroid dienone is 10. The van der Waals surface area contributed by atoms with Gasteiger partial charge >= 0.3 is 0 Å². The lowest BCUT2D eigenvalue weighted by atomic mass is 9.64. The highest BCUT2D eigenvalue weighted by molar-refractivity contribution is 5.95. The van der Waals surface area contributed by atoms with Gasteiger partial charge in [0.05, 0.1) is 5.41 Å². The molecule has 2 unspecified atom stereocenters. The van der Waals surface area contributed by atoms with Gasteiger partial charge in [0.2, 0.25) is 0 Å². The van der Waals surface area contributed by atoms with Crippen LogP contribution in [0.3, 0.4) is 0 Å². The Hall–Kier alpha value is -7.22. The lowest BCUT2D eigenvalue weighted by Crippen LogP contribution is -2.35. The Labute approximate surface area is 370 Å². The van der Waals surface area contributed by atoms with Crippen molar-refractivity contribution in [2.24, 2.45) is 5.92 Å². The molecule has 7 rings (SSSR count). The van der Waals surface area contributed by atoms with Crippen molar-refractivity contribution < 1.29 is 0 Å². The summed E-state index contributed by atoms with van der Waals surface area (Å²) in [5.41, 5.74) is 14.3. The predicted octanol–water partition coefficient (Wildman–Crippen LogP) is 16.1. The summed E-state index contributed by atoms with van der Waals surface area (Å²) in [5.74, 6) is -0.0168. The predicted molar refractivity (Wildman–Crippen MR) is 271 cm³/mol. The van der Waals surface area contributed by atoms with E-state index in [0.717, 1.165) is 33.5 Å². The second-order valence-electron chi connectivity index (χ2n) is 15.8. The van der Waals surface area contributed by atoms with E-state index < -0.39 is 5.41 Å². The first-order valence-corrected chi connectivity index (χ1v) is 21.5. The van der Waals surface area contributed by atoms with Gasteiger partial charge in [-0.2, -0.15) is 0 Å². The fourth-order valence-electron chi connectivity index (χ4n) is 9.44. The van der Waals surface area contributed by atoms with Gasteiger partial charge in [0, 0.05) is 35.0 Å². The SMILES string of the molecule is C=C/C=C(\C(=C)N(/C=C/C1C(C=C)c2ccccc2C1(c1ccccc1)c1ccccc1)/C(C=C)=C/C=C/c1cccc(/C=C\C)c1C)c1ccc2c(/C=C\C)c(C)ccc2c1. The van der Waals surface area contributed by atoms with Crippen LogP contribution in [0.25, 0.3) is 34.6 Å². The van der Waals surface area contributed by atoms with Gasteiger partial charge in [-0.25, -0.2) is 0 Å². The summed E-state index contributed by atoms with van der Waals surface area (Å²) in [7, 11) is 0. The minimum atomic E-state index is -0.504. The van der Waals surface area contributed by atoms with Crippen molar-refractivity contribution in [1.29, 1.82) is 0 Å². The first-order chi connectivity index (χ1) is 30.3. The van der Waals surface area contributed by atoms with Crippen LogP contribution in [0.2, 0.25) is 0 Å². The number of rotatable bonds is 15. The molecule has 1 aliphatic rings. The first kappa shape index (κ1) is 42.9. The molecule has 306 valence electrons. The van der Waals surface area contributed by atoms with E-state index in [2.05, 4.69) is 253 Å². The maximum atomic E-state index is 4.86. The summed E-state index contributed by atoms with van der Waals surface area (Å²) in [6.07, 6.45) is 27.5. The van der Waals surface area contributed by atoms with Gasteiger partial charge in [0.25, 0.3) is 0 Å². The number of hydrogen-bond acceptors (Lipinski definition) is 1. The van der Waals surface area contributed by atoms with E-state index in [1.54, 1.807) is 0 Å². The molecule has 0 saturated carbocycles. The van der Waals surface area contributed by atoms with Crippen LogP contribution in [0.1, 0.15) is 75.4 Å². The van der Waals surface area contributed by atoms with E-state index >= 15 is 0 Å². The molecule has 0 spiro atoms. The van der Waals surface area contributed by atoms with E-state index in [9.17, 15) is 0 Å². The molecular formula is C61H57N. The summed E-state index contributed by atoms with van der Waals surface area (Å²) in [6, 6.07) is 48.3. The number of aryl methyl sites for hydroxylation is 1. The summed E-state index contributed by atoms with van der Waals surface area (Å²) in [5, 5.41) is 2.38. The molecule has 0 N–H and O–H groups in total. The van der Waals surface area contributed by atoms with Crippen molar-refractivity contribution in [3.05, 3.63) is 288 Å². The Morgan fingerprint density at radius 3 is 1.98 bits per heavy atom. The highest BCUT2D eigenvalue weighted by atomic mass is 15.1. The monoisotopic (exact) mass is 803 g/mol. The van der Waals surface area contributed by atoms with Gasteiger partial charge in [-0.3, -0.25) is 0 Å². The van der Waals surface area contributed by atoms with Crippen molar-refractivity contribution in [2.75, 3.05) is 0 Å². The third-order valence-corrected chi connectivity index (χ3v) is 12.4. The number of benzene rings is 6. The average molecular weight is 804 g/mol. The molecule has 0 radical (unpaired) electrons. The molecule has 6 aromatic rings. The van der Waals surface area contributed by atoms with Crippen LogP contribution >= 0.6 is 0 Å². The van der Waals surface area contributed by atoms with Crippen LogP contribution in [0.15, 0.2) is 232 Å². The molecule has 0 heterocycles. The molecule has 0 aromatic heterocycles. The first-order valence-electron chi connectivity index (χ1n) is 21.5. The zero-order chi connectivity index (χ0) is 43.6. The largest absolute Gasteiger partial charge is 0.317 e. The number of nitrogens with zero attached hydrogens (tertiary/aromatic N) is 1. The fourth-order valence-corrected chi connectivity index (χ4v) is 9.44. The summed E-state index contributed by atoms with van der Waals surface area (Å²) in [6.45, 7) is 26.3. The van der Waals surface area contributed by atoms with Crippen LogP contribution in [0.4, 0.5) is 0 Å². The van der Waals surface area contributed by atoms with Gasteiger partial charge < -0.3 is 4.90 Å². The van der Waals surface area contributed by atoms with Crippen LogP contribution in [0.5, 0.6) is 0 Å². The van der Waals surface area contributed by atoms with Crippen molar-refractivity contribution in [2.45, 2.75) is 39.0 Å².